The Morgan fingerprint density at radius 2 is 1.56 bits per heavy atom. The fourth-order valence-corrected chi connectivity index (χ4v) is 2.51. The third-order valence-corrected chi connectivity index (χ3v) is 3.95. The molecule has 0 aliphatic carbocycles. The standard InChI is InChI=1S/C21H27N3O3/c1-17(25)24(15-13-21(26)22-14-16-23(2)3)18-9-11-20(12-10-18)27-19-7-5-4-6-8-19/h4-12H,13-16H2,1-3H3,(H,22,26). The number of carbonyl (C=O) groups is 2. The van der Waals surface area contributed by atoms with Crippen LogP contribution in [0, 0.1) is 0 Å². The summed E-state index contributed by atoms with van der Waals surface area (Å²) in [5.41, 5.74) is 0.740. The molecule has 1 N–H and O–H groups in total. The summed E-state index contributed by atoms with van der Waals surface area (Å²) in [5.74, 6) is 1.28. The van der Waals surface area contributed by atoms with Crippen LogP contribution in [0.1, 0.15) is 13.3 Å². The average molecular weight is 369 g/mol. The predicted octanol–water partition coefficient (Wildman–Crippen LogP) is 2.90. The third kappa shape index (κ3) is 7.11. The molecule has 0 unspecified atom stereocenters. The van der Waals surface area contributed by atoms with Crippen molar-refractivity contribution in [1.82, 2.24) is 10.2 Å². The first-order valence-electron chi connectivity index (χ1n) is 8.98. The van der Waals surface area contributed by atoms with E-state index in [0.29, 0.717) is 18.8 Å². The predicted molar refractivity (Wildman–Crippen MR) is 107 cm³/mol. The number of hydrogen-bond acceptors (Lipinski definition) is 4. The largest absolute Gasteiger partial charge is 0.457 e. The van der Waals surface area contributed by atoms with E-state index in [4.69, 9.17) is 4.74 Å². The lowest BCUT2D eigenvalue weighted by atomic mass is 10.2. The van der Waals surface area contributed by atoms with Crippen molar-refractivity contribution in [2.75, 3.05) is 38.6 Å². The minimum atomic E-state index is -0.104. The molecule has 2 amide bonds. The molecule has 0 aliphatic rings. The molecule has 6 nitrogen and oxygen atoms in total. The highest BCUT2D eigenvalue weighted by atomic mass is 16.5. The van der Waals surface area contributed by atoms with Gasteiger partial charge in [0.2, 0.25) is 11.8 Å². The number of anilines is 1. The van der Waals surface area contributed by atoms with Gasteiger partial charge in [-0.05, 0) is 50.5 Å². The molecule has 0 saturated carbocycles. The second kappa shape index (κ2) is 10.3. The van der Waals surface area contributed by atoms with Gasteiger partial charge < -0.3 is 19.9 Å². The summed E-state index contributed by atoms with van der Waals surface area (Å²) in [6, 6.07) is 16.8. The zero-order valence-electron chi connectivity index (χ0n) is 16.1. The summed E-state index contributed by atoms with van der Waals surface area (Å²) in [4.78, 5) is 27.5. The summed E-state index contributed by atoms with van der Waals surface area (Å²) < 4.78 is 5.76. The van der Waals surface area contributed by atoms with Crippen LogP contribution in [0.25, 0.3) is 0 Å². The van der Waals surface area contributed by atoms with Gasteiger partial charge in [-0.25, -0.2) is 0 Å². The maximum atomic E-state index is 12.0. The summed E-state index contributed by atoms with van der Waals surface area (Å²) >= 11 is 0. The zero-order valence-corrected chi connectivity index (χ0v) is 16.1. The minimum absolute atomic E-state index is 0.0628. The molecule has 0 fully saturated rings. The Kier molecular flexibility index (Phi) is 7.82. The number of rotatable bonds is 9. The Balaban J connectivity index is 1.92. The number of benzene rings is 2. The fourth-order valence-electron chi connectivity index (χ4n) is 2.51. The van der Waals surface area contributed by atoms with Crippen LogP contribution >= 0.6 is 0 Å². The average Bonchev–Trinajstić information content (AvgIpc) is 2.63. The van der Waals surface area contributed by atoms with E-state index in [1.54, 1.807) is 4.90 Å². The molecular weight excluding hydrogens is 342 g/mol. The van der Waals surface area contributed by atoms with Crippen LogP contribution in [0.2, 0.25) is 0 Å². The molecule has 2 rings (SSSR count). The van der Waals surface area contributed by atoms with Gasteiger partial charge in [0.05, 0.1) is 0 Å². The quantitative estimate of drug-likeness (QED) is 0.738. The van der Waals surface area contributed by atoms with Crippen molar-refractivity contribution < 1.29 is 14.3 Å². The van der Waals surface area contributed by atoms with Gasteiger partial charge in [0, 0.05) is 38.7 Å². The van der Waals surface area contributed by atoms with E-state index in [-0.39, 0.29) is 18.2 Å². The van der Waals surface area contributed by atoms with Gasteiger partial charge in [0.15, 0.2) is 0 Å². The molecule has 0 atom stereocenters. The Bertz CT molecular complexity index is 730. The van der Waals surface area contributed by atoms with Gasteiger partial charge in [-0.1, -0.05) is 18.2 Å². The molecule has 2 aromatic rings. The fraction of sp³-hybridized carbons (Fsp3) is 0.333. The number of nitrogens with zero attached hydrogens (tertiary/aromatic N) is 2. The van der Waals surface area contributed by atoms with E-state index in [1.807, 2.05) is 73.6 Å². The number of hydrogen-bond donors (Lipinski definition) is 1. The van der Waals surface area contributed by atoms with E-state index in [2.05, 4.69) is 5.32 Å². The summed E-state index contributed by atoms with van der Waals surface area (Å²) in [5, 5.41) is 2.86. The smallest absolute Gasteiger partial charge is 0.223 e. The van der Waals surface area contributed by atoms with E-state index in [0.717, 1.165) is 18.0 Å². The minimum Gasteiger partial charge on any atom is -0.457 e. The van der Waals surface area contributed by atoms with Crippen molar-refractivity contribution in [3.8, 4) is 11.5 Å². The topological polar surface area (TPSA) is 61.9 Å². The lowest BCUT2D eigenvalue weighted by Crippen LogP contribution is -2.36. The van der Waals surface area contributed by atoms with E-state index < -0.39 is 0 Å². The molecule has 0 saturated heterocycles. The number of carbonyl (C=O) groups excluding carboxylic acids is 2. The normalized spacial score (nSPS) is 10.5. The first-order valence-corrected chi connectivity index (χ1v) is 8.98. The Morgan fingerprint density at radius 1 is 0.926 bits per heavy atom. The maximum Gasteiger partial charge on any atom is 0.223 e. The van der Waals surface area contributed by atoms with Crippen molar-refractivity contribution >= 4 is 17.5 Å². The lowest BCUT2D eigenvalue weighted by Gasteiger charge is -2.21. The van der Waals surface area contributed by atoms with Crippen LogP contribution in [0.3, 0.4) is 0 Å². The number of amides is 2. The molecule has 2 aromatic carbocycles. The molecule has 27 heavy (non-hydrogen) atoms. The zero-order chi connectivity index (χ0) is 19.6. The summed E-state index contributed by atoms with van der Waals surface area (Å²) in [6.45, 7) is 3.21. The molecule has 0 spiro atoms. The lowest BCUT2D eigenvalue weighted by molar-refractivity contribution is -0.121. The molecule has 0 radical (unpaired) electrons. The van der Waals surface area contributed by atoms with Crippen LogP contribution in [0.4, 0.5) is 5.69 Å². The maximum absolute atomic E-state index is 12.0. The van der Waals surface area contributed by atoms with E-state index in [9.17, 15) is 9.59 Å². The number of para-hydroxylation sites is 1. The van der Waals surface area contributed by atoms with Crippen LogP contribution < -0.4 is 15.0 Å². The van der Waals surface area contributed by atoms with Gasteiger partial charge in [0.1, 0.15) is 11.5 Å². The van der Waals surface area contributed by atoms with Crippen LogP contribution in [-0.2, 0) is 9.59 Å². The Hall–Kier alpha value is -2.86. The van der Waals surface area contributed by atoms with Crippen molar-refractivity contribution in [3.63, 3.8) is 0 Å². The number of nitrogens with one attached hydrogen (secondary N) is 1. The van der Waals surface area contributed by atoms with Crippen LogP contribution in [0.15, 0.2) is 54.6 Å². The second-order valence-electron chi connectivity index (χ2n) is 6.48. The molecule has 6 heteroatoms. The monoisotopic (exact) mass is 369 g/mol. The van der Waals surface area contributed by atoms with Crippen LogP contribution in [-0.4, -0.2) is 50.4 Å². The van der Waals surface area contributed by atoms with E-state index in [1.165, 1.54) is 6.92 Å². The second-order valence-corrected chi connectivity index (χ2v) is 6.48. The first-order chi connectivity index (χ1) is 13.0. The van der Waals surface area contributed by atoms with E-state index >= 15 is 0 Å². The highest BCUT2D eigenvalue weighted by molar-refractivity contribution is 5.92. The van der Waals surface area contributed by atoms with Gasteiger partial charge >= 0.3 is 0 Å². The van der Waals surface area contributed by atoms with Crippen molar-refractivity contribution in [2.45, 2.75) is 13.3 Å². The summed E-state index contributed by atoms with van der Waals surface area (Å²) in [7, 11) is 3.91. The highest BCUT2D eigenvalue weighted by Gasteiger charge is 2.13. The van der Waals surface area contributed by atoms with Crippen molar-refractivity contribution in [1.29, 1.82) is 0 Å². The summed E-state index contributed by atoms with van der Waals surface area (Å²) in [6.07, 6.45) is 0.259. The Labute approximate surface area is 160 Å². The number of likely N-dealkylation sites (N-methyl/N-ethyl adjacent to an activating group) is 1. The third-order valence-electron chi connectivity index (χ3n) is 3.95. The van der Waals surface area contributed by atoms with Crippen molar-refractivity contribution in [2.24, 2.45) is 0 Å². The molecule has 144 valence electrons. The van der Waals surface area contributed by atoms with Crippen LogP contribution in [0.5, 0.6) is 11.5 Å². The number of ether oxygens (including phenoxy) is 1. The highest BCUT2D eigenvalue weighted by Crippen LogP contribution is 2.24. The van der Waals surface area contributed by atoms with Gasteiger partial charge in [-0.2, -0.15) is 0 Å². The molecule has 0 heterocycles. The molecule has 0 aliphatic heterocycles. The Morgan fingerprint density at radius 3 is 2.15 bits per heavy atom. The molecular formula is C21H27N3O3. The van der Waals surface area contributed by atoms with Gasteiger partial charge in [-0.3, -0.25) is 9.59 Å². The first kappa shape index (κ1) is 20.5. The van der Waals surface area contributed by atoms with Gasteiger partial charge in [0.25, 0.3) is 0 Å². The SMILES string of the molecule is CC(=O)N(CCC(=O)NCCN(C)C)c1ccc(Oc2ccccc2)cc1. The molecule has 0 aromatic heterocycles. The van der Waals surface area contributed by atoms with Crippen molar-refractivity contribution in [3.05, 3.63) is 54.6 Å². The van der Waals surface area contributed by atoms with Gasteiger partial charge in [-0.15, -0.1) is 0 Å². The molecule has 0 bridgehead atoms.